The molecule has 0 radical (unpaired) electrons. The van der Waals surface area contributed by atoms with Crippen LogP contribution < -0.4 is 5.32 Å². The van der Waals surface area contributed by atoms with E-state index in [-0.39, 0.29) is 5.91 Å². The lowest BCUT2D eigenvalue weighted by Crippen LogP contribution is -2.37. The first-order valence-electron chi connectivity index (χ1n) is 7.07. The highest BCUT2D eigenvalue weighted by atomic mass is 35.5. The quantitative estimate of drug-likeness (QED) is 0.903. The van der Waals surface area contributed by atoms with Gasteiger partial charge in [-0.05, 0) is 25.1 Å². The summed E-state index contributed by atoms with van der Waals surface area (Å²) in [6, 6.07) is 7.16. The monoisotopic (exact) mass is 351 g/mol. The molecule has 1 N–H and O–H groups in total. The first kappa shape index (κ1) is 15.8. The van der Waals surface area contributed by atoms with E-state index >= 15 is 0 Å². The Morgan fingerprint density at radius 1 is 1.26 bits per heavy atom. The van der Waals surface area contributed by atoms with E-state index in [1.54, 1.807) is 21.7 Å². The second kappa shape index (κ2) is 6.22. The van der Waals surface area contributed by atoms with Gasteiger partial charge in [-0.1, -0.05) is 23.2 Å². The Hall–Kier alpha value is -2.05. The number of carbonyl (C=O) groups excluding carboxylic acids is 1. The average Bonchev–Trinajstić information content (AvgIpc) is 3.09. The van der Waals surface area contributed by atoms with Gasteiger partial charge in [-0.2, -0.15) is 5.10 Å². The Bertz CT molecular complexity index is 799. The summed E-state index contributed by atoms with van der Waals surface area (Å²) < 4.78 is 1.71. The van der Waals surface area contributed by atoms with Crippen LogP contribution in [0.3, 0.4) is 0 Å². The predicted octanol–water partition coefficient (Wildman–Crippen LogP) is 3.12. The topological polar surface area (TPSA) is 62.5 Å². The second-order valence-corrected chi connectivity index (χ2v) is 6.00. The Morgan fingerprint density at radius 2 is 2.04 bits per heavy atom. The van der Waals surface area contributed by atoms with Crippen LogP contribution >= 0.6 is 23.2 Å². The van der Waals surface area contributed by atoms with Crippen molar-refractivity contribution >= 4 is 40.9 Å². The number of nitrogens with one attached hydrogen (secondary N) is 1. The maximum Gasteiger partial charge on any atom is 0.226 e. The third-order valence-electron chi connectivity index (χ3n) is 3.44. The van der Waals surface area contributed by atoms with Crippen LogP contribution in [0, 0.1) is 6.92 Å². The number of carbonyl (C=O) groups is 1. The zero-order valence-corrected chi connectivity index (χ0v) is 14.2. The molecule has 0 aliphatic carbocycles. The van der Waals surface area contributed by atoms with E-state index in [0.717, 1.165) is 11.4 Å². The molecule has 23 heavy (non-hydrogen) atoms. The first-order valence-corrected chi connectivity index (χ1v) is 7.83. The van der Waals surface area contributed by atoms with Crippen molar-refractivity contribution < 1.29 is 4.79 Å². The van der Waals surface area contributed by atoms with Crippen LogP contribution in [0.1, 0.15) is 12.6 Å². The number of aromatic nitrogens is 2. The van der Waals surface area contributed by atoms with Crippen LogP contribution in [0.15, 0.2) is 29.3 Å². The van der Waals surface area contributed by atoms with Gasteiger partial charge >= 0.3 is 0 Å². The standard InChI is InChI=1S/C15H15Cl2N5O/c1-9-7-14(19-15-18-5-6-21(15)10(2)23)22(20-9)11-3-4-12(16)13(17)8-11/h3-4,7-8H,5-6H2,1-2H3,(H,18,19). The number of nitrogens with zero attached hydrogens (tertiary/aromatic N) is 4. The van der Waals surface area contributed by atoms with Crippen molar-refractivity contribution in [3.05, 3.63) is 40.0 Å². The number of aryl methyl sites for hydroxylation is 1. The molecule has 1 aliphatic rings. The van der Waals surface area contributed by atoms with E-state index in [1.807, 2.05) is 19.1 Å². The molecular weight excluding hydrogens is 337 g/mol. The Labute approximate surface area is 143 Å². The Balaban J connectivity index is 1.95. The molecule has 2 heterocycles. The highest BCUT2D eigenvalue weighted by Crippen LogP contribution is 2.26. The lowest BCUT2D eigenvalue weighted by Gasteiger charge is -2.18. The molecule has 1 aliphatic heterocycles. The molecule has 0 spiro atoms. The van der Waals surface area contributed by atoms with E-state index in [9.17, 15) is 4.79 Å². The summed E-state index contributed by atoms with van der Waals surface area (Å²) in [5, 5.41) is 8.57. The highest BCUT2D eigenvalue weighted by molar-refractivity contribution is 6.42. The van der Waals surface area contributed by atoms with Gasteiger partial charge in [0.1, 0.15) is 5.82 Å². The molecule has 0 unspecified atom stereocenters. The van der Waals surface area contributed by atoms with Gasteiger partial charge in [-0.25, -0.2) is 4.68 Å². The fourth-order valence-corrected chi connectivity index (χ4v) is 2.67. The third kappa shape index (κ3) is 3.18. The largest absolute Gasteiger partial charge is 0.310 e. The lowest BCUT2D eigenvalue weighted by atomic mass is 10.3. The van der Waals surface area contributed by atoms with Gasteiger partial charge in [0.25, 0.3) is 0 Å². The fraction of sp³-hybridized carbons (Fsp3) is 0.267. The van der Waals surface area contributed by atoms with E-state index < -0.39 is 0 Å². The maximum absolute atomic E-state index is 11.6. The SMILES string of the molecule is CC(=O)N1CCN=C1Nc1cc(C)nn1-c1ccc(Cl)c(Cl)c1. The molecule has 0 atom stereocenters. The van der Waals surface area contributed by atoms with Crippen molar-refractivity contribution in [3.63, 3.8) is 0 Å². The number of aliphatic imine (C=N–C) groups is 1. The van der Waals surface area contributed by atoms with Gasteiger partial charge in [0.2, 0.25) is 11.9 Å². The molecule has 6 nitrogen and oxygen atoms in total. The van der Waals surface area contributed by atoms with Crippen LogP contribution in [0.2, 0.25) is 10.0 Å². The normalized spacial score (nSPS) is 14.1. The molecule has 0 fully saturated rings. The summed E-state index contributed by atoms with van der Waals surface area (Å²) in [6.45, 7) is 4.57. The van der Waals surface area contributed by atoms with E-state index in [4.69, 9.17) is 23.2 Å². The predicted molar refractivity (Wildman–Crippen MR) is 91.6 cm³/mol. The van der Waals surface area contributed by atoms with Crippen LogP contribution in [0.5, 0.6) is 0 Å². The third-order valence-corrected chi connectivity index (χ3v) is 4.18. The minimum atomic E-state index is -0.0499. The maximum atomic E-state index is 11.6. The van der Waals surface area contributed by atoms with Gasteiger partial charge in [0.15, 0.2) is 0 Å². The number of halogens is 2. The zero-order valence-electron chi connectivity index (χ0n) is 12.7. The highest BCUT2D eigenvalue weighted by Gasteiger charge is 2.22. The average molecular weight is 352 g/mol. The first-order chi connectivity index (χ1) is 11.0. The van der Waals surface area contributed by atoms with Crippen LogP contribution in [-0.2, 0) is 4.79 Å². The van der Waals surface area contributed by atoms with Crippen molar-refractivity contribution in [1.29, 1.82) is 0 Å². The van der Waals surface area contributed by atoms with Crippen LogP contribution in [-0.4, -0.2) is 39.6 Å². The summed E-state index contributed by atoms with van der Waals surface area (Å²) in [4.78, 5) is 17.6. The second-order valence-electron chi connectivity index (χ2n) is 5.18. The van der Waals surface area contributed by atoms with Gasteiger partial charge < -0.3 is 5.32 Å². The van der Waals surface area contributed by atoms with Gasteiger partial charge in [0, 0.05) is 19.5 Å². The molecule has 1 aromatic carbocycles. The van der Waals surface area contributed by atoms with Crippen molar-refractivity contribution in [2.75, 3.05) is 18.4 Å². The smallest absolute Gasteiger partial charge is 0.226 e. The number of rotatable bonds is 2. The molecule has 1 aromatic heterocycles. The fourth-order valence-electron chi connectivity index (χ4n) is 2.38. The summed E-state index contributed by atoms with van der Waals surface area (Å²) in [5.74, 6) is 1.18. The summed E-state index contributed by atoms with van der Waals surface area (Å²) >= 11 is 12.1. The molecule has 0 saturated heterocycles. The summed E-state index contributed by atoms with van der Waals surface area (Å²) in [6.07, 6.45) is 0. The van der Waals surface area contributed by atoms with Crippen LogP contribution in [0.4, 0.5) is 5.82 Å². The minimum absolute atomic E-state index is 0.0499. The number of hydrogen-bond donors (Lipinski definition) is 1. The van der Waals surface area contributed by atoms with Gasteiger partial charge in [-0.3, -0.25) is 14.7 Å². The lowest BCUT2D eigenvalue weighted by molar-refractivity contribution is -0.124. The molecule has 0 saturated carbocycles. The van der Waals surface area contributed by atoms with Crippen molar-refractivity contribution in [1.82, 2.24) is 14.7 Å². The molecule has 2 aromatic rings. The van der Waals surface area contributed by atoms with E-state index in [2.05, 4.69) is 15.4 Å². The van der Waals surface area contributed by atoms with Gasteiger partial charge in [-0.15, -0.1) is 0 Å². The van der Waals surface area contributed by atoms with Gasteiger partial charge in [0.05, 0.1) is 28.0 Å². The molecule has 120 valence electrons. The number of guanidine groups is 1. The molecule has 0 bridgehead atoms. The number of anilines is 1. The zero-order chi connectivity index (χ0) is 16.6. The van der Waals surface area contributed by atoms with E-state index in [0.29, 0.717) is 34.9 Å². The number of hydrogen-bond acceptors (Lipinski definition) is 4. The van der Waals surface area contributed by atoms with E-state index in [1.165, 1.54) is 6.92 Å². The molecular formula is C15H15Cl2N5O. The summed E-state index contributed by atoms with van der Waals surface area (Å²) in [7, 11) is 0. The number of benzene rings is 1. The molecule has 8 heteroatoms. The molecule has 1 amide bonds. The Morgan fingerprint density at radius 3 is 2.74 bits per heavy atom. The Kier molecular flexibility index (Phi) is 4.28. The molecule has 3 rings (SSSR count). The van der Waals surface area contributed by atoms with Crippen molar-refractivity contribution in [3.8, 4) is 5.69 Å². The minimum Gasteiger partial charge on any atom is -0.310 e. The summed E-state index contributed by atoms with van der Waals surface area (Å²) in [5.41, 5.74) is 1.59. The van der Waals surface area contributed by atoms with Crippen molar-refractivity contribution in [2.24, 2.45) is 4.99 Å². The number of amides is 1. The van der Waals surface area contributed by atoms with Crippen molar-refractivity contribution in [2.45, 2.75) is 13.8 Å². The van der Waals surface area contributed by atoms with Crippen LogP contribution in [0.25, 0.3) is 5.69 Å².